The second-order valence-corrected chi connectivity index (χ2v) is 6.95. The van der Waals surface area contributed by atoms with Crippen molar-refractivity contribution in [3.63, 3.8) is 0 Å². The molecule has 0 radical (unpaired) electrons. The summed E-state index contributed by atoms with van der Waals surface area (Å²) in [6, 6.07) is 8.31. The van der Waals surface area contributed by atoms with Crippen LogP contribution in [0.25, 0.3) is 11.0 Å². The first-order valence-electron chi connectivity index (χ1n) is 6.84. The van der Waals surface area contributed by atoms with E-state index in [2.05, 4.69) is 15.6 Å². The zero-order valence-corrected chi connectivity index (χ0v) is 12.9. The third kappa shape index (κ3) is 2.41. The van der Waals surface area contributed by atoms with E-state index in [4.69, 9.17) is 16.9 Å². The Morgan fingerprint density at radius 3 is 3.05 bits per heavy atom. The van der Waals surface area contributed by atoms with Crippen molar-refractivity contribution in [3.05, 3.63) is 29.6 Å². The van der Waals surface area contributed by atoms with E-state index in [1.165, 1.54) is 12.2 Å². The fraction of sp³-hybridized carbons (Fsp3) is 0.467. The van der Waals surface area contributed by atoms with Crippen molar-refractivity contribution >= 4 is 34.4 Å². The summed E-state index contributed by atoms with van der Waals surface area (Å²) in [5.41, 5.74) is 2.65. The van der Waals surface area contributed by atoms with Crippen LogP contribution in [-0.2, 0) is 0 Å². The molecule has 1 aliphatic rings. The second-order valence-electron chi connectivity index (χ2n) is 5.14. The minimum absolute atomic E-state index is 0.125. The Hall–Kier alpha value is -1.18. The number of halogens is 1. The van der Waals surface area contributed by atoms with E-state index < -0.39 is 0 Å². The second kappa shape index (κ2) is 5.67. The zero-order chi connectivity index (χ0) is 14.1. The Kier molecular flexibility index (Phi) is 3.91. The summed E-state index contributed by atoms with van der Waals surface area (Å²) in [6.45, 7) is 1.96. The molecule has 20 heavy (non-hydrogen) atoms. The molecule has 0 bridgehead atoms. The molecule has 1 aromatic carbocycles. The monoisotopic (exact) mass is 305 g/mol. The lowest BCUT2D eigenvalue weighted by atomic mass is 10.1. The highest BCUT2D eigenvalue weighted by atomic mass is 35.5. The number of hydrogen-bond acceptors (Lipinski definition) is 3. The molecule has 3 nitrogen and oxygen atoms in total. The van der Waals surface area contributed by atoms with Crippen LogP contribution in [0.15, 0.2) is 18.2 Å². The van der Waals surface area contributed by atoms with Crippen molar-refractivity contribution < 1.29 is 0 Å². The molecule has 2 aromatic rings. The van der Waals surface area contributed by atoms with Gasteiger partial charge in [-0.25, -0.2) is 4.98 Å². The fourth-order valence-electron chi connectivity index (χ4n) is 2.77. The normalized spacial score (nSPS) is 20.8. The molecular formula is C15H16ClN3S. The van der Waals surface area contributed by atoms with Gasteiger partial charge in [0.25, 0.3) is 0 Å². The summed E-state index contributed by atoms with van der Waals surface area (Å²) in [6.07, 6.45) is 2.38. The molecule has 0 spiro atoms. The minimum Gasteiger partial charge on any atom is -0.323 e. The van der Waals surface area contributed by atoms with E-state index in [0.717, 1.165) is 29.0 Å². The standard InChI is InChI=1S/C15H16ClN3S/c1-10(16)15-18-13-5-4-11(8-17)7-14(13)19(15)12-3-2-6-20-9-12/h4-5,7,10,12H,2-3,6,9H2,1H3. The Balaban J connectivity index is 2.19. The van der Waals surface area contributed by atoms with Crippen LogP contribution >= 0.6 is 23.4 Å². The van der Waals surface area contributed by atoms with Crippen LogP contribution in [0.2, 0.25) is 0 Å². The lowest BCUT2D eigenvalue weighted by molar-refractivity contribution is 0.493. The Labute approximate surface area is 127 Å². The molecule has 0 N–H and O–H groups in total. The Morgan fingerprint density at radius 2 is 2.40 bits per heavy atom. The molecule has 1 fully saturated rings. The van der Waals surface area contributed by atoms with Crippen molar-refractivity contribution in [1.82, 2.24) is 9.55 Å². The number of fused-ring (bicyclic) bond motifs is 1. The van der Waals surface area contributed by atoms with Gasteiger partial charge in [-0.2, -0.15) is 17.0 Å². The van der Waals surface area contributed by atoms with Gasteiger partial charge in [-0.1, -0.05) is 0 Å². The molecule has 5 heteroatoms. The predicted octanol–water partition coefficient (Wildman–Crippen LogP) is 4.28. The maximum atomic E-state index is 9.10. The summed E-state index contributed by atoms with van der Waals surface area (Å²) >= 11 is 8.30. The number of thioether (sulfide) groups is 1. The quantitative estimate of drug-likeness (QED) is 0.778. The summed E-state index contributed by atoms with van der Waals surface area (Å²) in [7, 11) is 0. The van der Waals surface area contributed by atoms with Gasteiger partial charge in [0.05, 0.1) is 28.0 Å². The van der Waals surface area contributed by atoms with E-state index in [0.29, 0.717) is 11.6 Å². The molecule has 2 unspecified atom stereocenters. The maximum absolute atomic E-state index is 9.10. The van der Waals surface area contributed by atoms with Crippen molar-refractivity contribution in [1.29, 1.82) is 5.26 Å². The first-order chi connectivity index (χ1) is 9.70. The van der Waals surface area contributed by atoms with Crippen molar-refractivity contribution in [2.45, 2.75) is 31.2 Å². The molecule has 0 aliphatic carbocycles. The molecule has 1 aromatic heterocycles. The van der Waals surface area contributed by atoms with E-state index in [9.17, 15) is 0 Å². The van der Waals surface area contributed by atoms with Crippen LogP contribution in [0.5, 0.6) is 0 Å². The number of benzene rings is 1. The van der Waals surface area contributed by atoms with Crippen LogP contribution in [0.4, 0.5) is 0 Å². The molecule has 104 valence electrons. The number of nitriles is 1. The lowest BCUT2D eigenvalue weighted by Gasteiger charge is -2.25. The summed E-state index contributed by atoms with van der Waals surface area (Å²) in [5, 5.41) is 8.98. The number of nitrogens with zero attached hydrogens (tertiary/aromatic N) is 3. The predicted molar refractivity (Wildman–Crippen MR) is 84.3 cm³/mol. The summed E-state index contributed by atoms with van der Waals surface area (Å²) in [4.78, 5) is 4.68. The van der Waals surface area contributed by atoms with Gasteiger partial charge in [-0.15, -0.1) is 11.6 Å². The van der Waals surface area contributed by atoms with Gasteiger partial charge in [-0.05, 0) is 43.7 Å². The number of aromatic nitrogens is 2. The van der Waals surface area contributed by atoms with Gasteiger partial charge in [0.1, 0.15) is 5.82 Å². The fourth-order valence-corrected chi connectivity index (χ4v) is 4.05. The highest BCUT2D eigenvalue weighted by Gasteiger charge is 2.23. The first kappa shape index (κ1) is 13.8. The van der Waals surface area contributed by atoms with Crippen LogP contribution in [0.1, 0.15) is 42.6 Å². The van der Waals surface area contributed by atoms with E-state index in [-0.39, 0.29) is 5.38 Å². The van der Waals surface area contributed by atoms with Crippen LogP contribution < -0.4 is 0 Å². The summed E-state index contributed by atoms with van der Waals surface area (Å²) < 4.78 is 2.26. The van der Waals surface area contributed by atoms with Crippen molar-refractivity contribution in [3.8, 4) is 6.07 Å². The van der Waals surface area contributed by atoms with Gasteiger partial charge in [0.15, 0.2) is 0 Å². The van der Waals surface area contributed by atoms with Crippen molar-refractivity contribution in [2.75, 3.05) is 11.5 Å². The molecule has 1 saturated heterocycles. The topological polar surface area (TPSA) is 41.6 Å². The minimum atomic E-state index is -0.125. The molecule has 0 saturated carbocycles. The summed E-state index contributed by atoms with van der Waals surface area (Å²) in [5.74, 6) is 3.25. The van der Waals surface area contributed by atoms with E-state index in [1.807, 2.05) is 36.9 Å². The molecule has 2 heterocycles. The first-order valence-corrected chi connectivity index (χ1v) is 8.43. The lowest BCUT2D eigenvalue weighted by Crippen LogP contribution is -2.18. The number of rotatable bonds is 2. The maximum Gasteiger partial charge on any atom is 0.127 e. The zero-order valence-electron chi connectivity index (χ0n) is 11.3. The third-order valence-corrected chi connectivity index (χ3v) is 5.10. The SMILES string of the molecule is CC(Cl)c1nc2ccc(C#N)cc2n1C1CCCSC1. The third-order valence-electron chi connectivity index (χ3n) is 3.70. The van der Waals surface area contributed by atoms with Crippen LogP contribution in [0, 0.1) is 11.3 Å². The average molecular weight is 306 g/mol. The molecular weight excluding hydrogens is 290 g/mol. The van der Waals surface area contributed by atoms with Gasteiger partial charge in [-0.3, -0.25) is 0 Å². The van der Waals surface area contributed by atoms with Gasteiger partial charge in [0, 0.05) is 11.8 Å². The highest BCUT2D eigenvalue weighted by Crippen LogP contribution is 2.34. The average Bonchev–Trinajstić information content (AvgIpc) is 2.86. The Morgan fingerprint density at radius 1 is 1.55 bits per heavy atom. The highest BCUT2D eigenvalue weighted by molar-refractivity contribution is 7.99. The van der Waals surface area contributed by atoms with Gasteiger partial charge >= 0.3 is 0 Å². The number of imidazole rings is 1. The van der Waals surface area contributed by atoms with Crippen molar-refractivity contribution in [2.24, 2.45) is 0 Å². The Bertz CT molecular complexity index is 666. The van der Waals surface area contributed by atoms with E-state index in [1.54, 1.807) is 0 Å². The van der Waals surface area contributed by atoms with Crippen LogP contribution in [-0.4, -0.2) is 21.1 Å². The molecule has 1 aliphatic heterocycles. The molecule has 2 atom stereocenters. The number of alkyl halides is 1. The van der Waals surface area contributed by atoms with Gasteiger partial charge < -0.3 is 4.57 Å². The van der Waals surface area contributed by atoms with Crippen LogP contribution in [0.3, 0.4) is 0 Å². The molecule has 3 rings (SSSR count). The smallest absolute Gasteiger partial charge is 0.127 e. The van der Waals surface area contributed by atoms with Gasteiger partial charge in [0.2, 0.25) is 0 Å². The molecule has 0 amide bonds. The van der Waals surface area contributed by atoms with E-state index >= 15 is 0 Å². The largest absolute Gasteiger partial charge is 0.323 e. The number of hydrogen-bond donors (Lipinski definition) is 0.